The van der Waals surface area contributed by atoms with E-state index in [1.807, 2.05) is 0 Å². The van der Waals surface area contributed by atoms with Crippen LogP contribution in [-0.2, 0) is 19.2 Å². The highest BCUT2D eigenvalue weighted by molar-refractivity contribution is 5.94. The average molecular weight is 615 g/mol. The van der Waals surface area contributed by atoms with Crippen molar-refractivity contribution in [2.45, 2.75) is 82.0 Å². The smallest absolute Gasteiger partial charge is 0.326 e. The van der Waals surface area contributed by atoms with Gasteiger partial charge in [0.2, 0.25) is 17.7 Å². The Balaban J connectivity index is 5.76. The summed E-state index contributed by atoms with van der Waals surface area (Å²) in [6, 6.07) is -4.43. The van der Waals surface area contributed by atoms with Crippen LogP contribution in [0.25, 0.3) is 0 Å². The molecule has 0 fully saturated rings. The molecule has 0 aliphatic rings. The van der Waals surface area contributed by atoms with Gasteiger partial charge in [-0.3, -0.25) is 29.4 Å². The third-order valence-corrected chi connectivity index (χ3v) is 6.02. The normalized spacial score (nSPS) is 13.3. The minimum atomic E-state index is -1.28. The summed E-state index contributed by atoms with van der Waals surface area (Å²) in [5.41, 5.74) is 43.5. The molecule has 0 bridgehead atoms. The monoisotopic (exact) mass is 614 g/mol. The minimum Gasteiger partial charge on any atom is -0.480 e. The molecule has 0 heterocycles. The van der Waals surface area contributed by atoms with Crippen LogP contribution in [0.3, 0.4) is 0 Å². The van der Waals surface area contributed by atoms with E-state index < -0.39 is 47.9 Å². The summed E-state index contributed by atoms with van der Waals surface area (Å²) >= 11 is 0. The van der Waals surface area contributed by atoms with Crippen LogP contribution >= 0.6 is 0 Å². The van der Waals surface area contributed by atoms with Gasteiger partial charge in [0.05, 0.1) is 6.04 Å². The molecule has 0 saturated heterocycles. The van der Waals surface area contributed by atoms with Gasteiger partial charge in [0.1, 0.15) is 18.1 Å². The number of carbonyl (C=O) groups excluding carboxylic acids is 3. The van der Waals surface area contributed by atoms with Gasteiger partial charge in [0, 0.05) is 19.6 Å². The Morgan fingerprint density at radius 3 is 1.30 bits per heavy atom. The molecule has 3 amide bonds. The van der Waals surface area contributed by atoms with E-state index in [1.165, 1.54) is 0 Å². The molecule has 0 aliphatic heterocycles. The van der Waals surface area contributed by atoms with Crippen molar-refractivity contribution in [3.8, 4) is 0 Å². The maximum Gasteiger partial charge on any atom is 0.326 e. The van der Waals surface area contributed by atoms with E-state index in [4.69, 9.17) is 45.9 Å². The van der Waals surface area contributed by atoms with Gasteiger partial charge in [-0.2, -0.15) is 0 Å². The van der Waals surface area contributed by atoms with Gasteiger partial charge in [-0.15, -0.1) is 0 Å². The van der Waals surface area contributed by atoms with E-state index in [9.17, 15) is 24.3 Å². The summed E-state index contributed by atoms with van der Waals surface area (Å²) in [7, 11) is 0. The summed E-state index contributed by atoms with van der Waals surface area (Å²) in [4.78, 5) is 62.7. The van der Waals surface area contributed by atoms with Gasteiger partial charge >= 0.3 is 5.97 Å². The zero-order valence-corrected chi connectivity index (χ0v) is 24.5. The van der Waals surface area contributed by atoms with Crippen LogP contribution < -0.4 is 61.8 Å². The number of rotatable bonds is 23. The summed E-state index contributed by atoms with van der Waals surface area (Å²) in [6.07, 6.45) is 2.73. The summed E-state index contributed by atoms with van der Waals surface area (Å²) < 4.78 is 0. The predicted molar refractivity (Wildman–Crippen MR) is 164 cm³/mol. The molecule has 0 aromatic heterocycles. The molecule has 19 heteroatoms. The first-order chi connectivity index (χ1) is 20.3. The molecular weight excluding hydrogens is 564 g/mol. The molecule has 0 aliphatic carbocycles. The number of amides is 3. The number of guanidine groups is 3. The number of aliphatic imine (C=N–C) groups is 3. The van der Waals surface area contributed by atoms with E-state index in [0.717, 1.165) is 0 Å². The topological polar surface area (TPSA) is 370 Å². The second kappa shape index (κ2) is 22.2. The zero-order chi connectivity index (χ0) is 32.8. The van der Waals surface area contributed by atoms with Gasteiger partial charge in [0.25, 0.3) is 0 Å². The van der Waals surface area contributed by atoms with E-state index in [-0.39, 0.29) is 69.6 Å². The molecule has 246 valence electrons. The van der Waals surface area contributed by atoms with Crippen LogP contribution in [0.2, 0.25) is 0 Å². The lowest BCUT2D eigenvalue weighted by molar-refractivity contribution is -0.142. The van der Waals surface area contributed by atoms with Gasteiger partial charge in [-0.1, -0.05) is 6.42 Å². The molecule has 20 N–H and O–H groups in total. The number of unbranched alkanes of at least 4 members (excludes halogenated alkanes) is 1. The lowest BCUT2D eigenvalue weighted by Crippen LogP contribution is -2.57. The van der Waals surface area contributed by atoms with Crippen molar-refractivity contribution in [2.24, 2.45) is 60.8 Å². The number of carboxylic acids is 1. The second-order valence-electron chi connectivity index (χ2n) is 9.76. The van der Waals surface area contributed by atoms with Crippen molar-refractivity contribution in [2.75, 3.05) is 26.2 Å². The van der Waals surface area contributed by atoms with Crippen molar-refractivity contribution in [3.63, 3.8) is 0 Å². The summed E-state index contributed by atoms with van der Waals surface area (Å²) in [5.74, 6) is -3.70. The van der Waals surface area contributed by atoms with E-state index in [0.29, 0.717) is 32.2 Å². The first-order valence-electron chi connectivity index (χ1n) is 14.0. The van der Waals surface area contributed by atoms with Gasteiger partial charge in [0.15, 0.2) is 17.9 Å². The molecule has 43 heavy (non-hydrogen) atoms. The number of hydrogen-bond donors (Lipinski definition) is 12. The van der Waals surface area contributed by atoms with Crippen molar-refractivity contribution in [1.29, 1.82) is 0 Å². The Morgan fingerprint density at radius 2 is 0.930 bits per heavy atom. The molecule has 4 unspecified atom stereocenters. The van der Waals surface area contributed by atoms with Crippen molar-refractivity contribution >= 4 is 41.6 Å². The first kappa shape index (κ1) is 38.6. The lowest BCUT2D eigenvalue weighted by Gasteiger charge is -2.25. The Bertz CT molecular complexity index is 962. The van der Waals surface area contributed by atoms with Crippen molar-refractivity contribution in [3.05, 3.63) is 0 Å². The molecule has 0 aromatic carbocycles. The molecule has 0 rings (SSSR count). The van der Waals surface area contributed by atoms with E-state index in [1.54, 1.807) is 0 Å². The fraction of sp³-hybridized carbons (Fsp3) is 0.708. The third kappa shape index (κ3) is 19.4. The molecule has 19 nitrogen and oxygen atoms in total. The maximum atomic E-state index is 13.4. The molecule has 0 radical (unpaired) electrons. The number of carbonyl (C=O) groups is 4. The van der Waals surface area contributed by atoms with Crippen molar-refractivity contribution in [1.82, 2.24) is 16.0 Å². The molecule has 0 spiro atoms. The zero-order valence-electron chi connectivity index (χ0n) is 24.5. The SMILES string of the molecule is NCCCCC(N)C(=O)NC(CCCN=C(N)N)C(=O)NC(CCCN=C(N)N)C(=O)NC(CCCN=C(N)N)C(=O)O. The highest BCUT2D eigenvalue weighted by Crippen LogP contribution is 2.07. The van der Waals surface area contributed by atoms with Gasteiger partial charge in [-0.05, 0) is 57.9 Å². The highest BCUT2D eigenvalue weighted by atomic mass is 16.4. The minimum absolute atomic E-state index is 0.0258. The largest absolute Gasteiger partial charge is 0.480 e. The highest BCUT2D eigenvalue weighted by Gasteiger charge is 2.30. The number of nitrogens with two attached hydrogens (primary N) is 8. The van der Waals surface area contributed by atoms with Crippen molar-refractivity contribution < 1.29 is 24.3 Å². The van der Waals surface area contributed by atoms with Crippen LogP contribution in [0.15, 0.2) is 15.0 Å². The maximum absolute atomic E-state index is 13.4. The van der Waals surface area contributed by atoms with Crippen LogP contribution in [-0.4, -0.2) is 97.0 Å². The number of nitrogens with zero attached hydrogens (tertiary/aromatic N) is 3. The van der Waals surface area contributed by atoms with Crippen LogP contribution in [0.1, 0.15) is 57.8 Å². The van der Waals surface area contributed by atoms with Crippen LogP contribution in [0.5, 0.6) is 0 Å². The third-order valence-electron chi connectivity index (χ3n) is 6.02. The number of aliphatic carboxylic acids is 1. The fourth-order valence-corrected chi connectivity index (χ4v) is 3.77. The number of nitrogens with one attached hydrogen (secondary N) is 3. The first-order valence-corrected chi connectivity index (χ1v) is 14.0. The average Bonchev–Trinajstić information content (AvgIpc) is 2.92. The Morgan fingerprint density at radius 1 is 0.558 bits per heavy atom. The second-order valence-corrected chi connectivity index (χ2v) is 9.76. The molecule has 4 atom stereocenters. The van der Waals surface area contributed by atoms with Crippen LogP contribution in [0.4, 0.5) is 0 Å². The Hall–Kier alpha value is -4.39. The molecular formula is C24H50N14O5. The van der Waals surface area contributed by atoms with E-state index >= 15 is 0 Å². The van der Waals surface area contributed by atoms with Crippen LogP contribution in [0, 0.1) is 0 Å². The standard InChI is InChI=1S/C24H50N14O5/c25-10-2-1-6-14(26)18(39)36-15(7-3-11-33-22(27)28)19(40)37-16(8-4-12-34-23(29)30)20(41)38-17(21(42)43)9-5-13-35-24(31)32/h14-17H,1-13,25-26H2,(H,36,39)(H,37,40)(H,38,41)(H,42,43)(H4,27,28,33)(H4,29,30,34)(H4,31,32,35). The summed E-state index contributed by atoms with van der Waals surface area (Å²) in [5, 5.41) is 17.3. The molecule has 0 aromatic rings. The van der Waals surface area contributed by atoms with Gasteiger partial charge < -0.3 is 66.9 Å². The fourth-order valence-electron chi connectivity index (χ4n) is 3.77. The Labute approximate surface area is 251 Å². The summed E-state index contributed by atoms with van der Waals surface area (Å²) in [6.45, 7) is 0.957. The number of carboxylic acid groups (broad SMARTS) is 1. The lowest BCUT2D eigenvalue weighted by atomic mass is 10.0. The predicted octanol–water partition coefficient (Wildman–Crippen LogP) is -4.86. The van der Waals surface area contributed by atoms with Gasteiger partial charge in [-0.25, -0.2) is 4.79 Å². The molecule has 0 saturated carbocycles. The quantitative estimate of drug-likeness (QED) is 0.0292. The number of hydrogen-bond acceptors (Lipinski definition) is 9. The Kier molecular flexibility index (Phi) is 20.0. The van der Waals surface area contributed by atoms with E-state index in [2.05, 4.69) is 30.9 Å².